The summed E-state index contributed by atoms with van der Waals surface area (Å²) >= 11 is 0. The van der Waals surface area contributed by atoms with Crippen LogP contribution in [0.25, 0.3) is 0 Å². The largest absolute Gasteiger partial charge is 0.395 e. The number of nitrogens with zero attached hydrogens (tertiary/aromatic N) is 1. The SMILES string of the molecule is O=C1Nc2ccccc2C12CCN(CCO)C2. The Morgan fingerprint density at radius 1 is 1.41 bits per heavy atom. The average Bonchev–Trinajstić information content (AvgIpc) is 2.86. The Morgan fingerprint density at radius 3 is 3.06 bits per heavy atom. The van der Waals surface area contributed by atoms with Crippen LogP contribution >= 0.6 is 0 Å². The Bertz CT molecular complexity index is 460. The fourth-order valence-corrected chi connectivity index (χ4v) is 3.00. The van der Waals surface area contributed by atoms with E-state index in [0.29, 0.717) is 6.54 Å². The van der Waals surface area contributed by atoms with E-state index in [4.69, 9.17) is 5.11 Å². The first-order valence-corrected chi connectivity index (χ1v) is 6.00. The van der Waals surface area contributed by atoms with Gasteiger partial charge in [-0.3, -0.25) is 9.69 Å². The third-order valence-electron chi connectivity index (χ3n) is 3.89. The molecule has 2 aliphatic heterocycles. The first-order chi connectivity index (χ1) is 8.26. The highest BCUT2D eigenvalue weighted by molar-refractivity contribution is 6.06. The molecule has 17 heavy (non-hydrogen) atoms. The normalized spacial score (nSPS) is 27.5. The van der Waals surface area contributed by atoms with Crippen molar-refractivity contribution in [2.45, 2.75) is 11.8 Å². The molecule has 4 nitrogen and oxygen atoms in total. The lowest BCUT2D eigenvalue weighted by molar-refractivity contribution is -0.120. The molecule has 2 N–H and O–H groups in total. The molecular weight excluding hydrogens is 216 g/mol. The predicted molar refractivity (Wildman–Crippen MR) is 64.9 cm³/mol. The Hall–Kier alpha value is -1.39. The minimum Gasteiger partial charge on any atom is -0.395 e. The van der Waals surface area contributed by atoms with Gasteiger partial charge in [0.2, 0.25) is 5.91 Å². The summed E-state index contributed by atoms with van der Waals surface area (Å²) in [5.41, 5.74) is 1.68. The van der Waals surface area contributed by atoms with Crippen LogP contribution in [0.1, 0.15) is 12.0 Å². The molecule has 1 unspecified atom stereocenters. The van der Waals surface area contributed by atoms with Crippen LogP contribution in [-0.2, 0) is 10.2 Å². The number of anilines is 1. The topological polar surface area (TPSA) is 52.6 Å². The van der Waals surface area contributed by atoms with Crippen molar-refractivity contribution in [2.75, 3.05) is 31.6 Å². The summed E-state index contributed by atoms with van der Waals surface area (Å²) in [4.78, 5) is 14.4. The van der Waals surface area contributed by atoms with Gasteiger partial charge in [-0.25, -0.2) is 0 Å². The first kappa shape index (κ1) is 10.7. The standard InChI is InChI=1S/C13H16N2O2/c16-8-7-15-6-5-13(9-15)10-3-1-2-4-11(10)14-12(13)17/h1-4,16H,5-9H2,(H,14,17). The van der Waals surface area contributed by atoms with Gasteiger partial charge in [0.1, 0.15) is 0 Å². The van der Waals surface area contributed by atoms with E-state index in [-0.39, 0.29) is 17.9 Å². The van der Waals surface area contributed by atoms with Crippen LogP contribution in [0.4, 0.5) is 5.69 Å². The molecule has 4 heteroatoms. The van der Waals surface area contributed by atoms with Crippen molar-refractivity contribution in [1.29, 1.82) is 0 Å². The molecule has 90 valence electrons. The molecule has 0 aliphatic carbocycles. The number of β-amino-alcohol motifs (C(OH)–C–C–N with tert-alkyl or cyclic N) is 1. The Balaban J connectivity index is 1.96. The number of aliphatic hydroxyl groups excluding tert-OH is 1. The molecule has 1 spiro atoms. The van der Waals surface area contributed by atoms with Gasteiger partial charge in [0.25, 0.3) is 0 Å². The van der Waals surface area contributed by atoms with E-state index in [1.54, 1.807) is 0 Å². The second-order valence-corrected chi connectivity index (χ2v) is 4.83. The van der Waals surface area contributed by atoms with Crippen molar-refractivity contribution >= 4 is 11.6 Å². The lowest BCUT2D eigenvalue weighted by atomic mass is 9.81. The summed E-state index contributed by atoms with van der Waals surface area (Å²) in [5, 5.41) is 11.9. The Labute approximate surface area is 100 Å². The number of benzene rings is 1. The van der Waals surface area contributed by atoms with Crippen LogP contribution < -0.4 is 5.32 Å². The van der Waals surface area contributed by atoms with E-state index in [1.807, 2.05) is 24.3 Å². The zero-order valence-electron chi connectivity index (χ0n) is 9.65. The number of nitrogens with one attached hydrogen (secondary N) is 1. The zero-order valence-corrected chi connectivity index (χ0v) is 9.65. The van der Waals surface area contributed by atoms with Crippen molar-refractivity contribution in [3.63, 3.8) is 0 Å². The Kier molecular flexibility index (Phi) is 2.42. The lowest BCUT2D eigenvalue weighted by Crippen LogP contribution is -2.38. The summed E-state index contributed by atoms with van der Waals surface area (Å²) in [6, 6.07) is 7.92. The van der Waals surface area contributed by atoms with Gasteiger partial charge >= 0.3 is 0 Å². The third kappa shape index (κ3) is 1.48. The van der Waals surface area contributed by atoms with Crippen LogP contribution in [0.2, 0.25) is 0 Å². The number of carbonyl (C=O) groups excluding carboxylic acids is 1. The molecule has 1 saturated heterocycles. The number of fused-ring (bicyclic) bond motifs is 2. The van der Waals surface area contributed by atoms with E-state index >= 15 is 0 Å². The number of aliphatic hydroxyl groups is 1. The van der Waals surface area contributed by atoms with E-state index in [0.717, 1.165) is 30.8 Å². The maximum Gasteiger partial charge on any atom is 0.236 e. The van der Waals surface area contributed by atoms with Gasteiger partial charge in [0.15, 0.2) is 0 Å². The fourth-order valence-electron chi connectivity index (χ4n) is 3.00. The van der Waals surface area contributed by atoms with Crippen molar-refractivity contribution < 1.29 is 9.90 Å². The second-order valence-electron chi connectivity index (χ2n) is 4.83. The summed E-state index contributed by atoms with van der Waals surface area (Å²) in [6.45, 7) is 2.40. The van der Waals surface area contributed by atoms with Crippen LogP contribution in [-0.4, -0.2) is 42.2 Å². The number of hydrogen-bond donors (Lipinski definition) is 2. The van der Waals surface area contributed by atoms with Crippen LogP contribution in [0.5, 0.6) is 0 Å². The van der Waals surface area contributed by atoms with Gasteiger partial charge in [-0.2, -0.15) is 0 Å². The highest BCUT2D eigenvalue weighted by Crippen LogP contribution is 2.43. The van der Waals surface area contributed by atoms with Crippen LogP contribution in [0.15, 0.2) is 24.3 Å². The number of likely N-dealkylation sites (tertiary alicyclic amines) is 1. The molecule has 2 heterocycles. The summed E-state index contributed by atoms with van der Waals surface area (Å²) in [6.07, 6.45) is 0.843. The molecule has 2 aliphatic rings. The van der Waals surface area contributed by atoms with Crippen molar-refractivity contribution in [2.24, 2.45) is 0 Å². The first-order valence-electron chi connectivity index (χ1n) is 6.00. The predicted octanol–water partition coefficient (Wildman–Crippen LogP) is 0.575. The molecule has 0 radical (unpaired) electrons. The molecule has 1 aromatic rings. The van der Waals surface area contributed by atoms with Crippen LogP contribution in [0.3, 0.4) is 0 Å². The summed E-state index contributed by atoms with van der Waals surface area (Å²) in [5.74, 6) is 0.110. The minimum absolute atomic E-state index is 0.110. The van der Waals surface area contributed by atoms with Gasteiger partial charge in [0, 0.05) is 18.8 Å². The van der Waals surface area contributed by atoms with Gasteiger partial charge in [-0.15, -0.1) is 0 Å². The van der Waals surface area contributed by atoms with Gasteiger partial charge < -0.3 is 10.4 Å². The van der Waals surface area contributed by atoms with E-state index in [1.165, 1.54) is 0 Å². The van der Waals surface area contributed by atoms with E-state index in [2.05, 4.69) is 10.2 Å². The number of carbonyl (C=O) groups is 1. The zero-order chi connectivity index (χ0) is 11.9. The number of amides is 1. The quantitative estimate of drug-likeness (QED) is 0.784. The average molecular weight is 232 g/mol. The number of rotatable bonds is 2. The lowest BCUT2D eigenvalue weighted by Gasteiger charge is -2.22. The van der Waals surface area contributed by atoms with Crippen molar-refractivity contribution in [3.05, 3.63) is 29.8 Å². The molecular formula is C13H16N2O2. The molecule has 3 rings (SSSR count). The molecule has 1 aromatic carbocycles. The summed E-state index contributed by atoms with van der Waals surface area (Å²) in [7, 11) is 0. The molecule has 0 saturated carbocycles. The third-order valence-corrected chi connectivity index (χ3v) is 3.89. The van der Waals surface area contributed by atoms with Gasteiger partial charge in [-0.1, -0.05) is 18.2 Å². The number of para-hydroxylation sites is 1. The molecule has 1 amide bonds. The van der Waals surface area contributed by atoms with Gasteiger partial charge in [0.05, 0.1) is 12.0 Å². The maximum absolute atomic E-state index is 12.2. The highest BCUT2D eigenvalue weighted by Gasteiger charge is 2.50. The Morgan fingerprint density at radius 2 is 2.24 bits per heavy atom. The highest BCUT2D eigenvalue weighted by atomic mass is 16.3. The van der Waals surface area contributed by atoms with E-state index < -0.39 is 0 Å². The molecule has 0 bridgehead atoms. The van der Waals surface area contributed by atoms with Crippen molar-refractivity contribution in [1.82, 2.24) is 4.90 Å². The second kappa shape index (κ2) is 3.82. The minimum atomic E-state index is -0.383. The smallest absolute Gasteiger partial charge is 0.236 e. The molecule has 0 aromatic heterocycles. The monoisotopic (exact) mass is 232 g/mol. The van der Waals surface area contributed by atoms with Crippen LogP contribution in [0, 0.1) is 0 Å². The molecule has 1 atom stereocenters. The van der Waals surface area contributed by atoms with Gasteiger partial charge in [-0.05, 0) is 24.6 Å². The number of hydrogen-bond acceptors (Lipinski definition) is 3. The maximum atomic E-state index is 12.2. The fraction of sp³-hybridized carbons (Fsp3) is 0.462. The summed E-state index contributed by atoms with van der Waals surface area (Å²) < 4.78 is 0. The molecule has 1 fully saturated rings. The van der Waals surface area contributed by atoms with Crippen molar-refractivity contribution in [3.8, 4) is 0 Å². The van der Waals surface area contributed by atoms with E-state index in [9.17, 15) is 4.79 Å².